The maximum Gasteiger partial charge on any atom is 0.166 e. The van der Waals surface area contributed by atoms with E-state index in [1.807, 2.05) is 6.92 Å². The van der Waals surface area contributed by atoms with Gasteiger partial charge in [0.15, 0.2) is 11.6 Å². The van der Waals surface area contributed by atoms with E-state index in [1.54, 1.807) is 38.1 Å². The second-order valence-corrected chi connectivity index (χ2v) is 6.74. The molecule has 136 valence electrons. The second-order valence-electron chi connectivity index (χ2n) is 6.74. The molecule has 0 bridgehead atoms. The summed E-state index contributed by atoms with van der Waals surface area (Å²) in [5, 5.41) is 0. The lowest BCUT2D eigenvalue weighted by Crippen LogP contribution is -2.29. The van der Waals surface area contributed by atoms with Gasteiger partial charge in [0.25, 0.3) is 0 Å². The van der Waals surface area contributed by atoms with Crippen LogP contribution in [-0.4, -0.2) is 12.3 Å². The second kappa shape index (κ2) is 8.03. The monoisotopic (exact) mass is 352 g/mol. The predicted octanol–water partition coefficient (Wildman–Crippen LogP) is 6.77. The normalized spacial score (nSPS) is 16.3. The molecular weight excluding hydrogens is 328 g/mol. The van der Waals surface area contributed by atoms with Crippen molar-refractivity contribution in [2.75, 3.05) is 0 Å². The zero-order valence-electron chi connectivity index (χ0n) is 15.0. The molecule has 0 spiro atoms. The Hall–Kier alpha value is -1.84. The third-order valence-corrected chi connectivity index (χ3v) is 4.99. The molecule has 0 aromatic heterocycles. The summed E-state index contributed by atoms with van der Waals surface area (Å²) in [7, 11) is 0. The van der Waals surface area contributed by atoms with Crippen LogP contribution in [0.3, 0.4) is 0 Å². The molecule has 0 N–H and O–H groups in total. The smallest absolute Gasteiger partial charge is 0.166 e. The molecule has 0 aliphatic carbocycles. The Bertz CT molecular complexity index is 709. The highest BCUT2D eigenvalue weighted by molar-refractivity contribution is 5.65. The van der Waals surface area contributed by atoms with Gasteiger partial charge in [0.05, 0.1) is 0 Å². The fourth-order valence-electron chi connectivity index (χ4n) is 2.83. The van der Waals surface area contributed by atoms with Gasteiger partial charge in [0.1, 0.15) is 12.3 Å². The summed E-state index contributed by atoms with van der Waals surface area (Å²) in [6.07, 6.45) is -2.55. The molecule has 0 saturated heterocycles. The van der Waals surface area contributed by atoms with Gasteiger partial charge in [-0.2, -0.15) is 0 Å². The van der Waals surface area contributed by atoms with Gasteiger partial charge in [-0.3, -0.25) is 0 Å². The largest absolute Gasteiger partial charge is 0.244 e. The SMILES string of the molecule is CCC(C)C(F)C(F)C(C)c1ccc(-c2ccc(C)c(F)c2F)cc1. The third-order valence-electron chi connectivity index (χ3n) is 4.99. The summed E-state index contributed by atoms with van der Waals surface area (Å²) in [5.41, 5.74) is 1.53. The van der Waals surface area contributed by atoms with Crippen LogP contribution in [0.25, 0.3) is 11.1 Å². The van der Waals surface area contributed by atoms with Gasteiger partial charge in [0.2, 0.25) is 0 Å². The first-order chi connectivity index (χ1) is 11.8. The average molecular weight is 352 g/mol. The van der Waals surface area contributed by atoms with Crippen molar-refractivity contribution in [2.24, 2.45) is 5.92 Å². The van der Waals surface area contributed by atoms with Gasteiger partial charge in [-0.05, 0) is 29.5 Å². The zero-order chi connectivity index (χ0) is 18.7. The number of benzene rings is 2. The topological polar surface area (TPSA) is 0 Å². The molecule has 4 atom stereocenters. The van der Waals surface area contributed by atoms with Crippen LogP contribution < -0.4 is 0 Å². The molecule has 2 aromatic carbocycles. The molecule has 0 nitrogen and oxygen atoms in total. The van der Waals surface area contributed by atoms with E-state index in [0.29, 0.717) is 17.5 Å². The van der Waals surface area contributed by atoms with E-state index in [2.05, 4.69) is 0 Å². The van der Waals surface area contributed by atoms with E-state index in [4.69, 9.17) is 0 Å². The molecule has 0 fully saturated rings. The first kappa shape index (κ1) is 19.5. The van der Waals surface area contributed by atoms with Crippen LogP contribution in [0.1, 0.15) is 44.2 Å². The molecule has 0 radical (unpaired) electrons. The minimum Gasteiger partial charge on any atom is -0.244 e. The van der Waals surface area contributed by atoms with Crippen molar-refractivity contribution in [3.05, 3.63) is 59.2 Å². The summed E-state index contributed by atoms with van der Waals surface area (Å²) in [4.78, 5) is 0. The Morgan fingerprint density at radius 1 is 0.840 bits per heavy atom. The van der Waals surface area contributed by atoms with Crippen LogP contribution in [0.4, 0.5) is 17.6 Å². The average Bonchev–Trinajstić information content (AvgIpc) is 2.64. The summed E-state index contributed by atoms with van der Waals surface area (Å²) in [6, 6.07) is 9.55. The summed E-state index contributed by atoms with van der Waals surface area (Å²) in [5.74, 6) is -2.73. The van der Waals surface area contributed by atoms with Crippen LogP contribution in [0.5, 0.6) is 0 Å². The molecule has 2 aromatic rings. The van der Waals surface area contributed by atoms with Gasteiger partial charge in [-0.1, -0.05) is 63.6 Å². The number of rotatable bonds is 6. The van der Waals surface area contributed by atoms with E-state index >= 15 is 0 Å². The highest BCUT2D eigenvalue weighted by atomic mass is 19.2. The number of halogens is 4. The third kappa shape index (κ3) is 4.05. The molecule has 25 heavy (non-hydrogen) atoms. The molecule has 0 amide bonds. The van der Waals surface area contributed by atoms with Crippen molar-refractivity contribution in [1.82, 2.24) is 0 Å². The van der Waals surface area contributed by atoms with Crippen LogP contribution >= 0.6 is 0 Å². The van der Waals surface area contributed by atoms with Crippen molar-refractivity contribution in [2.45, 2.75) is 52.4 Å². The van der Waals surface area contributed by atoms with Gasteiger partial charge >= 0.3 is 0 Å². The maximum absolute atomic E-state index is 14.4. The highest BCUT2D eigenvalue weighted by Gasteiger charge is 2.31. The van der Waals surface area contributed by atoms with Crippen LogP contribution in [-0.2, 0) is 0 Å². The Kier molecular flexibility index (Phi) is 6.26. The van der Waals surface area contributed by atoms with E-state index in [0.717, 1.165) is 0 Å². The van der Waals surface area contributed by atoms with Gasteiger partial charge < -0.3 is 0 Å². The summed E-state index contributed by atoms with van der Waals surface area (Å²) in [6.45, 7) is 6.67. The minimum absolute atomic E-state index is 0.155. The first-order valence-electron chi connectivity index (χ1n) is 8.61. The van der Waals surface area contributed by atoms with E-state index < -0.39 is 29.9 Å². The summed E-state index contributed by atoms with van der Waals surface area (Å²) < 4.78 is 56.4. The fraction of sp³-hybridized carbons (Fsp3) is 0.429. The first-order valence-corrected chi connectivity index (χ1v) is 8.61. The Balaban J connectivity index is 2.24. The van der Waals surface area contributed by atoms with E-state index in [1.165, 1.54) is 19.1 Å². The van der Waals surface area contributed by atoms with Gasteiger partial charge in [0, 0.05) is 11.5 Å². The maximum atomic E-state index is 14.4. The lowest BCUT2D eigenvalue weighted by atomic mass is 9.87. The van der Waals surface area contributed by atoms with Gasteiger partial charge in [-0.25, -0.2) is 17.6 Å². The fourth-order valence-corrected chi connectivity index (χ4v) is 2.83. The lowest BCUT2D eigenvalue weighted by Gasteiger charge is -2.24. The Labute approximate surface area is 146 Å². The number of hydrogen-bond donors (Lipinski definition) is 0. The van der Waals surface area contributed by atoms with Crippen LogP contribution in [0.15, 0.2) is 36.4 Å². The molecular formula is C21H24F4. The zero-order valence-corrected chi connectivity index (χ0v) is 15.0. The number of alkyl halides is 2. The number of hydrogen-bond acceptors (Lipinski definition) is 0. The van der Waals surface area contributed by atoms with Crippen LogP contribution in [0.2, 0.25) is 0 Å². The van der Waals surface area contributed by atoms with Crippen LogP contribution in [0, 0.1) is 24.5 Å². The molecule has 0 aliphatic rings. The molecule has 4 unspecified atom stereocenters. The molecule has 4 heteroatoms. The van der Waals surface area contributed by atoms with E-state index in [-0.39, 0.29) is 17.0 Å². The van der Waals surface area contributed by atoms with Crippen molar-refractivity contribution in [3.63, 3.8) is 0 Å². The molecule has 2 rings (SSSR count). The van der Waals surface area contributed by atoms with E-state index in [9.17, 15) is 17.6 Å². The molecule has 0 aliphatic heterocycles. The molecule has 0 saturated carbocycles. The Morgan fingerprint density at radius 2 is 1.44 bits per heavy atom. The lowest BCUT2D eigenvalue weighted by molar-refractivity contribution is 0.0986. The van der Waals surface area contributed by atoms with Gasteiger partial charge in [-0.15, -0.1) is 0 Å². The number of aryl methyl sites for hydroxylation is 1. The quantitative estimate of drug-likeness (QED) is 0.504. The summed E-state index contributed by atoms with van der Waals surface area (Å²) >= 11 is 0. The molecule has 0 heterocycles. The highest BCUT2D eigenvalue weighted by Crippen LogP contribution is 2.32. The Morgan fingerprint density at radius 3 is 2.00 bits per heavy atom. The minimum atomic E-state index is -1.60. The van der Waals surface area contributed by atoms with Crippen molar-refractivity contribution in [3.8, 4) is 11.1 Å². The van der Waals surface area contributed by atoms with Crippen molar-refractivity contribution >= 4 is 0 Å². The van der Waals surface area contributed by atoms with Crippen molar-refractivity contribution in [1.29, 1.82) is 0 Å². The standard InChI is InChI=1S/C21H24F4/c1-5-12(2)18(22)20(24)14(4)15-7-9-16(10-8-15)17-11-6-13(3)19(23)21(17)25/h6-12,14,18,20H,5H2,1-4H3. The van der Waals surface area contributed by atoms with Crippen molar-refractivity contribution < 1.29 is 17.6 Å². The predicted molar refractivity (Wildman–Crippen MR) is 94.2 cm³/mol.